The van der Waals surface area contributed by atoms with Crippen LogP contribution >= 0.6 is 15.9 Å². The van der Waals surface area contributed by atoms with E-state index in [-0.39, 0.29) is 15.2 Å². The molecule has 0 atom stereocenters. The van der Waals surface area contributed by atoms with E-state index in [9.17, 15) is 12.8 Å². The highest BCUT2D eigenvalue weighted by atomic mass is 79.9. The number of anilines is 1. The Bertz CT molecular complexity index is 700. The second-order valence-corrected chi connectivity index (χ2v) is 6.32. The molecule has 19 heavy (non-hydrogen) atoms. The summed E-state index contributed by atoms with van der Waals surface area (Å²) in [6.45, 7) is 1.92. The van der Waals surface area contributed by atoms with Gasteiger partial charge in [-0.25, -0.2) is 12.8 Å². The van der Waals surface area contributed by atoms with Gasteiger partial charge in [0, 0.05) is 16.2 Å². The van der Waals surface area contributed by atoms with Crippen molar-refractivity contribution in [2.24, 2.45) is 0 Å². The molecule has 0 saturated carbocycles. The van der Waals surface area contributed by atoms with E-state index in [4.69, 9.17) is 0 Å². The van der Waals surface area contributed by atoms with Crippen LogP contribution in [0.3, 0.4) is 0 Å². The minimum absolute atomic E-state index is 0.0463. The van der Waals surface area contributed by atoms with Gasteiger partial charge in [-0.3, -0.25) is 9.82 Å². The quantitative estimate of drug-likeness (QED) is 0.892. The lowest BCUT2D eigenvalue weighted by Crippen LogP contribution is -2.14. The molecular weight excluding hydrogens is 337 g/mol. The van der Waals surface area contributed by atoms with E-state index < -0.39 is 15.8 Å². The average molecular weight is 348 g/mol. The molecule has 0 amide bonds. The fourth-order valence-corrected chi connectivity index (χ4v) is 3.52. The maximum absolute atomic E-state index is 12.9. The van der Waals surface area contributed by atoms with E-state index in [0.717, 1.165) is 24.2 Å². The van der Waals surface area contributed by atoms with Crippen LogP contribution in [0, 0.1) is 5.82 Å². The largest absolute Gasteiger partial charge is 0.280 e. The molecule has 0 aliphatic heterocycles. The van der Waals surface area contributed by atoms with Gasteiger partial charge in [0.15, 0.2) is 5.82 Å². The first kappa shape index (κ1) is 14.0. The molecule has 0 spiro atoms. The normalized spacial score (nSPS) is 11.5. The minimum Gasteiger partial charge on any atom is -0.280 e. The van der Waals surface area contributed by atoms with Crippen molar-refractivity contribution in [3.05, 3.63) is 40.2 Å². The number of nitrogens with zero attached hydrogens (tertiary/aromatic N) is 1. The number of hydrogen-bond acceptors (Lipinski definition) is 3. The number of aryl methyl sites for hydroxylation is 1. The second kappa shape index (κ2) is 5.30. The van der Waals surface area contributed by atoms with Crippen LogP contribution in [-0.4, -0.2) is 18.6 Å². The predicted octanol–water partition coefficient (Wildman–Crippen LogP) is 2.67. The molecule has 0 fully saturated rings. The van der Waals surface area contributed by atoms with Crippen molar-refractivity contribution in [1.82, 2.24) is 10.2 Å². The first-order valence-electron chi connectivity index (χ1n) is 5.44. The molecule has 0 saturated heterocycles. The highest BCUT2D eigenvalue weighted by Gasteiger charge is 2.19. The first-order valence-corrected chi connectivity index (χ1v) is 7.72. The number of rotatable bonds is 4. The van der Waals surface area contributed by atoms with E-state index in [1.165, 1.54) is 6.07 Å². The third-order valence-corrected chi connectivity index (χ3v) is 4.77. The van der Waals surface area contributed by atoms with Gasteiger partial charge in [-0.2, -0.15) is 5.10 Å². The average Bonchev–Trinajstić information content (AvgIpc) is 2.75. The van der Waals surface area contributed by atoms with Crippen molar-refractivity contribution in [3.63, 3.8) is 0 Å². The van der Waals surface area contributed by atoms with Crippen LogP contribution in [-0.2, 0) is 16.4 Å². The van der Waals surface area contributed by atoms with Gasteiger partial charge in [0.2, 0.25) is 0 Å². The molecule has 0 unspecified atom stereocenters. The molecule has 0 aliphatic carbocycles. The monoisotopic (exact) mass is 347 g/mol. The van der Waals surface area contributed by atoms with Gasteiger partial charge in [0.1, 0.15) is 10.7 Å². The first-order chi connectivity index (χ1) is 8.92. The standard InChI is InChI=1S/C11H11BrFN3O2S/c1-2-8-6-11(15-14-8)16-19(17,18)10-4-3-7(13)5-9(10)12/h3-6H,2H2,1H3,(H2,14,15,16). The Hall–Kier alpha value is -1.41. The van der Waals surface area contributed by atoms with Gasteiger partial charge < -0.3 is 0 Å². The topological polar surface area (TPSA) is 74.8 Å². The van der Waals surface area contributed by atoms with Gasteiger partial charge in [-0.05, 0) is 40.5 Å². The van der Waals surface area contributed by atoms with E-state index in [0.29, 0.717) is 0 Å². The highest BCUT2D eigenvalue weighted by Crippen LogP contribution is 2.24. The van der Waals surface area contributed by atoms with Crippen LogP contribution in [0.1, 0.15) is 12.6 Å². The Morgan fingerprint density at radius 2 is 2.16 bits per heavy atom. The molecule has 1 aromatic carbocycles. The number of hydrogen-bond donors (Lipinski definition) is 2. The Morgan fingerprint density at radius 1 is 1.42 bits per heavy atom. The second-order valence-electron chi connectivity index (χ2n) is 3.81. The zero-order chi connectivity index (χ0) is 14.0. The Morgan fingerprint density at radius 3 is 2.74 bits per heavy atom. The lowest BCUT2D eigenvalue weighted by Gasteiger charge is -2.07. The molecule has 1 aromatic heterocycles. The molecule has 2 rings (SSSR count). The molecule has 1 heterocycles. The van der Waals surface area contributed by atoms with Crippen LogP contribution in [0.2, 0.25) is 0 Å². The summed E-state index contributed by atoms with van der Waals surface area (Å²) in [6.07, 6.45) is 0.717. The highest BCUT2D eigenvalue weighted by molar-refractivity contribution is 9.10. The van der Waals surface area contributed by atoms with Gasteiger partial charge in [-0.15, -0.1) is 0 Å². The SMILES string of the molecule is CCc1cc(NS(=O)(=O)c2ccc(F)cc2Br)n[nH]1. The van der Waals surface area contributed by atoms with E-state index in [1.807, 2.05) is 6.92 Å². The summed E-state index contributed by atoms with van der Waals surface area (Å²) in [5, 5.41) is 6.54. The van der Waals surface area contributed by atoms with Gasteiger partial charge in [0.05, 0.1) is 0 Å². The predicted molar refractivity (Wildman–Crippen MR) is 72.9 cm³/mol. The number of aromatic nitrogens is 2. The van der Waals surface area contributed by atoms with Crippen molar-refractivity contribution >= 4 is 31.8 Å². The molecule has 102 valence electrons. The number of H-pyrrole nitrogens is 1. The Balaban J connectivity index is 2.32. The summed E-state index contributed by atoms with van der Waals surface area (Å²) < 4.78 is 39.7. The van der Waals surface area contributed by atoms with Crippen molar-refractivity contribution in [2.45, 2.75) is 18.2 Å². The van der Waals surface area contributed by atoms with E-state index in [2.05, 4.69) is 30.8 Å². The van der Waals surface area contributed by atoms with Crippen molar-refractivity contribution < 1.29 is 12.8 Å². The van der Waals surface area contributed by atoms with Gasteiger partial charge in [0.25, 0.3) is 10.0 Å². The maximum atomic E-state index is 12.9. The van der Waals surface area contributed by atoms with Crippen molar-refractivity contribution in [2.75, 3.05) is 4.72 Å². The van der Waals surface area contributed by atoms with Gasteiger partial charge >= 0.3 is 0 Å². The van der Waals surface area contributed by atoms with Gasteiger partial charge in [-0.1, -0.05) is 6.92 Å². The number of aromatic amines is 1. The molecule has 2 aromatic rings. The number of sulfonamides is 1. The molecule has 0 radical (unpaired) electrons. The summed E-state index contributed by atoms with van der Waals surface area (Å²) >= 11 is 3.03. The lowest BCUT2D eigenvalue weighted by molar-refractivity contribution is 0.598. The smallest absolute Gasteiger partial charge is 0.264 e. The molecule has 0 aliphatic rings. The van der Waals surface area contributed by atoms with E-state index in [1.54, 1.807) is 6.07 Å². The Kier molecular flexibility index (Phi) is 3.91. The Labute approximate surface area is 118 Å². The summed E-state index contributed by atoms with van der Waals surface area (Å²) in [7, 11) is -3.80. The summed E-state index contributed by atoms with van der Waals surface area (Å²) in [5.41, 5.74) is 0.816. The zero-order valence-electron chi connectivity index (χ0n) is 9.94. The summed E-state index contributed by atoms with van der Waals surface area (Å²) in [6, 6.07) is 4.97. The number of benzene rings is 1. The maximum Gasteiger partial charge on any atom is 0.264 e. The molecule has 5 nitrogen and oxygen atoms in total. The fourth-order valence-electron chi connectivity index (χ4n) is 1.48. The van der Waals surface area contributed by atoms with Crippen molar-refractivity contribution in [1.29, 1.82) is 0 Å². The summed E-state index contributed by atoms with van der Waals surface area (Å²) in [5.74, 6) is -0.313. The molecule has 2 N–H and O–H groups in total. The molecule has 8 heteroatoms. The number of halogens is 2. The van der Waals surface area contributed by atoms with Crippen molar-refractivity contribution in [3.8, 4) is 0 Å². The minimum atomic E-state index is -3.80. The fraction of sp³-hybridized carbons (Fsp3) is 0.182. The van der Waals surface area contributed by atoms with E-state index >= 15 is 0 Å². The van der Waals surface area contributed by atoms with Crippen LogP contribution in [0.15, 0.2) is 33.6 Å². The molecule has 0 bridgehead atoms. The zero-order valence-corrected chi connectivity index (χ0v) is 12.3. The van der Waals surface area contributed by atoms with Crippen LogP contribution < -0.4 is 4.72 Å². The van der Waals surface area contributed by atoms with Crippen LogP contribution in [0.5, 0.6) is 0 Å². The lowest BCUT2D eigenvalue weighted by atomic mass is 10.3. The third-order valence-electron chi connectivity index (χ3n) is 2.43. The van der Waals surface area contributed by atoms with Crippen LogP contribution in [0.4, 0.5) is 10.2 Å². The third kappa shape index (κ3) is 3.13. The number of nitrogens with one attached hydrogen (secondary N) is 2. The molecular formula is C11H11BrFN3O2S. The van der Waals surface area contributed by atoms with Crippen LogP contribution in [0.25, 0.3) is 0 Å². The summed E-state index contributed by atoms with van der Waals surface area (Å²) in [4.78, 5) is -0.0463.